The number of carbonyl (C=O) groups is 2. The second-order valence-electron chi connectivity index (χ2n) is 5.91. The molecule has 0 amide bonds. The van der Waals surface area contributed by atoms with Gasteiger partial charge in [0.25, 0.3) is 5.69 Å². The van der Waals surface area contributed by atoms with Gasteiger partial charge in [-0.1, -0.05) is 0 Å². The number of anilines is 1. The summed E-state index contributed by atoms with van der Waals surface area (Å²) in [5.74, 6) is -0.968. The van der Waals surface area contributed by atoms with E-state index in [0.29, 0.717) is 11.3 Å². The summed E-state index contributed by atoms with van der Waals surface area (Å²) in [4.78, 5) is 43.0. The highest BCUT2D eigenvalue weighted by Crippen LogP contribution is 2.29. The number of nitrogens with zero attached hydrogens (tertiary/aromatic N) is 3. The van der Waals surface area contributed by atoms with Crippen molar-refractivity contribution in [1.82, 2.24) is 0 Å². The van der Waals surface area contributed by atoms with Crippen molar-refractivity contribution >= 4 is 34.7 Å². The van der Waals surface area contributed by atoms with Crippen LogP contribution in [0.25, 0.3) is 0 Å². The van der Waals surface area contributed by atoms with Crippen molar-refractivity contribution in [2.45, 2.75) is 20.8 Å². The Morgan fingerprint density at radius 3 is 1.93 bits per heavy atom. The molecule has 0 fully saturated rings. The molecule has 0 atom stereocenters. The van der Waals surface area contributed by atoms with E-state index in [2.05, 4.69) is 10.5 Å². The van der Waals surface area contributed by atoms with Crippen molar-refractivity contribution in [2.24, 2.45) is 5.10 Å². The van der Waals surface area contributed by atoms with Gasteiger partial charge in [0.05, 0.1) is 21.6 Å². The number of nitro groups is 2. The Morgan fingerprint density at radius 2 is 1.47 bits per heavy atom. The molecule has 0 unspecified atom stereocenters. The van der Waals surface area contributed by atoms with Crippen molar-refractivity contribution < 1.29 is 28.9 Å². The predicted molar refractivity (Wildman–Crippen MR) is 105 cm³/mol. The molecule has 0 aliphatic carbocycles. The first-order valence-electron chi connectivity index (χ1n) is 8.32. The second-order valence-corrected chi connectivity index (χ2v) is 5.91. The van der Waals surface area contributed by atoms with Crippen LogP contribution in [0.1, 0.15) is 26.3 Å². The van der Waals surface area contributed by atoms with Crippen molar-refractivity contribution in [3.05, 3.63) is 62.2 Å². The number of esters is 2. The number of non-ortho nitro benzene ring substituents is 1. The van der Waals surface area contributed by atoms with Crippen molar-refractivity contribution in [2.75, 3.05) is 5.43 Å². The zero-order chi connectivity index (χ0) is 22.4. The van der Waals surface area contributed by atoms with Gasteiger partial charge in [-0.15, -0.1) is 0 Å². The summed E-state index contributed by atoms with van der Waals surface area (Å²) < 4.78 is 10.0. The lowest BCUT2D eigenvalue weighted by Gasteiger charge is -2.10. The van der Waals surface area contributed by atoms with Gasteiger partial charge in [0.2, 0.25) is 0 Å². The molecule has 2 aromatic carbocycles. The summed E-state index contributed by atoms with van der Waals surface area (Å²) in [5.41, 5.74) is 2.14. The van der Waals surface area contributed by atoms with E-state index in [1.54, 1.807) is 6.92 Å². The summed E-state index contributed by atoms with van der Waals surface area (Å²) in [6, 6.07) is 7.33. The molecule has 12 nitrogen and oxygen atoms in total. The smallest absolute Gasteiger partial charge is 0.308 e. The molecule has 2 rings (SSSR count). The Labute approximate surface area is 169 Å². The monoisotopic (exact) mass is 416 g/mol. The Morgan fingerprint density at radius 1 is 0.900 bits per heavy atom. The summed E-state index contributed by atoms with van der Waals surface area (Å²) in [7, 11) is 0. The fourth-order valence-corrected chi connectivity index (χ4v) is 2.32. The molecule has 2 aromatic rings. The molecule has 0 saturated carbocycles. The van der Waals surface area contributed by atoms with E-state index >= 15 is 0 Å². The predicted octanol–water partition coefficient (Wildman–Crippen LogP) is 3.19. The highest BCUT2D eigenvalue weighted by atomic mass is 16.6. The maximum absolute atomic E-state index is 11.2. The molecule has 1 N–H and O–H groups in total. The van der Waals surface area contributed by atoms with Gasteiger partial charge >= 0.3 is 17.6 Å². The van der Waals surface area contributed by atoms with Crippen LogP contribution < -0.4 is 14.9 Å². The van der Waals surface area contributed by atoms with Crippen LogP contribution in [0.3, 0.4) is 0 Å². The normalized spacial score (nSPS) is 10.8. The van der Waals surface area contributed by atoms with E-state index in [1.807, 2.05) is 0 Å². The molecule has 0 aliphatic heterocycles. The largest absolute Gasteiger partial charge is 0.427 e. The first-order valence-corrected chi connectivity index (χ1v) is 8.32. The number of rotatable bonds is 7. The zero-order valence-electron chi connectivity index (χ0n) is 16.1. The van der Waals surface area contributed by atoms with Gasteiger partial charge in [-0.2, -0.15) is 5.10 Å². The van der Waals surface area contributed by atoms with E-state index in [1.165, 1.54) is 32.0 Å². The Kier molecular flexibility index (Phi) is 6.75. The number of nitrogens with one attached hydrogen (secondary N) is 1. The quantitative estimate of drug-likeness (QED) is 0.235. The molecule has 0 aromatic heterocycles. The first-order chi connectivity index (χ1) is 14.1. The third kappa shape index (κ3) is 5.82. The summed E-state index contributed by atoms with van der Waals surface area (Å²) in [6.45, 7) is 3.96. The number of nitro benzene ring substituents is 2. The Balaban J connectivity index is 2.39. The minimum absolute atomic E-state index is 0.0682. The molecule has 30 heavy (non-hydrogen) atoms. The van der Waals surface area contributed by atoms with Gasteiger partial charge in [0.1, 0.15) is 17.2 Å². The fourth-order valence-electron chi connectivity index (χ4n) is 2.32. The highest BCUT2D eigenvalue weighted by Gasteiger charge is 2.19. The number of hydrogen-bond donors (Lipinski definition) is 1. The molecule has 156 valence electrons. The summed E-state index contributed by atoms with van der Waals surface area (Å²) in [5, 5.41) is 26.1. The zero-order valence-corrected chi connectivity index (χ0v) is 16.1. The van der Waals surface area contributed by atoms with E-state index in [9.17, 15) is 29.8 Å². The third-order valence-corrected chi connectivity index (χ3v) is 3.55. The average molecular weight is 416 g/mol. The van der Waals surface area contributed by atoms with Crippen molar-refractivity contribution in [3.63, 3.8) is 0 Å². The lowest BCUT2D eigenvalue weighted by atomic mass is 10.1. The van der Waals surface area contributed by atoms with Crippen LogP contribution in [-0.2, 0) is 9.59 Å². The maximum Gasteiger partial charge on any atom is 0.308 e. The van der Waals surface area contributed by atoms with Crippen molar-refractivity contribution in [1.29, 1.82) is 0 Å². The minimum atomic E-state index is -0.777. The first kappa shape index (κ1) is 21.9. The molecular weight excluding hydrogens is 400 g/mol. The lowest BCUT2D eigenvalue weighted by molar-refractivity contribution is -0.393. The average Bonchev–Trinajstić information content (AvgIpc) is 2.64. The number of benzene rings is 2. The van der Waals surface area contributed by atoms with Crippen LogP contribution in [0.2, 0.25) is 0 Å². The number of hydrazone groups is 1. The van der Waals surface area contributed by atoms with Crippen LogP contribution in [0.4, 0.5) is 17.1 Å². The van der Waals surface area contributed by atoms with E-state index < -0.39 is 33.2 Å². The highest BCUT2D eigenvalue weighted by molar-refractivity contribution is 6.00. The van der Waals surface area contributed by atoms with Crippen LogP contribution in [0, 0.1) is 20.2 Å². The number of carbonyl (C=O) groups excluding carboxylic acids is 2. The summed E-state index contributed by atoms with van der Waals surface area (Å²) in [6.07, 6.45) is 0. The van der Waals surface area contributed by atoms with Gasteiger partial charge < -0.3 is 9.47 Å². The molecule has 0 bridgehead atoms. The molecule has 0 spiro atoms. The number of hydrogen-bond acceptors (Lipinski definition) is 10. The van der Waals surface area contributed by atoms with Gasteiger partial charge in [-0.25, -0.2) is 0 Å². The fraction of sp³-hybridized carbons (Fsp3) is 0.167. The molecule has 0 aliphatic rings. The maximum atomic E-state index is 11.2. The van der Waals surface area contributed by atoms with Crippen LogP contribution in [0.5, 0.6) is 11.5 Å². The van der Waals surface area contributed by atoms with Gasteiger partial charge in [-0.3, -0.25) is 35.2 Å². The van der Waals surface area contributed by atoms with E-state index in [0.717, 1.165) is 18.2 Å². The molecule has 12 heteroatoms. The van der Waals surface area contributed by atoms with Crippen LogP contribution in [0.15, 0.2) is 41.5 Å². The van der Waals surface area contributed by atoms with Gasteiger partial charge in [0.15, 0.2) is 0 Å². The van der Waals surface area contributed by atoms with Crippen molar-refractivity contribution in [3.8, 4) is 11.5 Å². The standard InChI is InChI=1S/C18H16N4O8/c1-10(13-6-15(29-11(2)23)9-16(7-13)30-12(3)24)19-20-17-5-4-14(21(25)26)8-18(17)22(27)28/h4-9,20H,1-3H3. The van der Waals surface area contributed by atoms with Crippen LogP contribution >= 0.6 is 0 Å². The molecule has 0 saturated heterocycles. The van der Waals surface area contributed by atoms with Gasteiger partial charge in [-0.05, 0) is 25.1 Å². The molecular formula is C18H16N4O8. The number of ether oxygens (including phenoxy) is 2. The third-order valence-electron chi connectivity index (χ3n) is 3.55. The second kappa shape index (κ2) is 9.23. The van der Waals surface area contributed by atoms with E-state index in [-0.39, 0.29) is 17.2 Å². The topological polar surface area (TPSA) is 163 Å². The lowest BCUT2D eigenvalue weighted by Crippen LogP contribution is -2.07. The van der Waals surface area contributed by atoms with Crippen LogP contribution in [-0.4, -0.2) is 27.5 Å². The minimum Gasteiger partial charge on any atom is -0.427 e. The Hall–Kier alpha value is -4.35. The summed E-state index contributed by atoms with van der Waals surface area (Å²) >= 11 is 0. The molecule has 0 heterocycles. The van der Waals surface area contributed by atoms with E-state index in [4.69, 9.17) is 9.47 Å². The van der Waals surface area contributed by atoms with Gasteiger partial charge in [0, 0.05) is 31.5 Å². The molecule has 0 radical (unpaired) electrons. The Bertz CT molecular complexity index is 1030. The SMILES string of the molecule is CC(=O)Oc1cc(OC(C)=O)cc(C(C)=NNc2ccc([N+](=O)[O-])cc2[N+](=O)[O-])c1.